The van der Waals surface area contributed by atoms with Crippen LogP contribution in [0.4, 0.5) is 0 Å². The first-order chi connectivity index (χ1) is 49.0. The predicted octanol–water partition coefficient (Wildman–Crippen LogP) is 24.8. The molecule has 5 atom stereocenters. The Bertz CT molecular complexity index is 1930. The molecule has 0 aromatic heterocycles. The van der Waals surface area contributed by atoms with Crippen molar-refractivity contribution in [2.45, 2.75) is 457 Å². The maximum absolute atomic E-state index is 13.1. The Labute approximate surface area is 619 Å². The molecule has 0 radical (unpaired) electrons. The third-order valence-corrected chi connectivity index (χ3v) is 21.2. The molecule has 101 heavy (non-hydrogen) atoms. The second-order valence-electron chi connectivity index (χ2n) is 30.0. The van der Waals surface area contributed by atoms with Gasteiger partial charge in [0.1, 0.15) is 19.3 Å². The molecule has 0 aromatic carbocycles. The van der Waals surface area contributed by atoms with Crippen LogP contribution in [-0.4, -0.2) is 96.7 Å². The molecule has 0 aliphatic heterocycles. The van der Waals surface area contributed by atoms with E-state index in [9.17, 15) is 43.2 Å². The Morgan fingerprint density at radius 1 is 0.267 bits per heavy atom. The van der Waals surface area contributed by atoms with Gasteiger partial charge in [-0.1, -0.05) is 388 Å². The molecule has 0 saturated carbocycles. The maximum atomic E-state index is 13.1. The van der Waals surface area contributed by atoms with Gasteiger partial charge in [0.05, 0.1) is 26.4 Å². The van der Waals surface area contributed by atoms with Gasteiger partial charge in [-0.05, 0) is 31.6 Å². The highest BCUT2D eigenvalue weighted by atomic mass is 31.2. The van der Waals surface area contributed by atoms with E-state index in [1.807, 2.05) is 0 Å². The van der Waals surface area contributed by atoms with Crippen molar-refractivity contribution in [3.63, 3.8) is 0 Å². The quantitative estimate of drug-likeness (QED) is 0.0222. The van der Waals surface area contributed by atoms with Crippen LogP contribution in [0.2, 0.25) is 0 Å². The fourth-order valence-corrected chi connectivity index (χ4v) is 14.3. The number of ether oxygens (including phenoxy) is 4. The highest BCUT2D eigenvalue weighted by Gasteiger charge is 2.30. The first kappa shape index (κ1) is 99.1. The van der Waals surface area contributed by atoms with Crippen molar-refractivity contribution in [3.05, 3.63) is 0 Å². The average Bonchev–Trinajstić information content (AvgIpc) is 0.960. The highest BCUT2D eigenvalue weighted by Crippen LogP contribution is 2.45. The summed E-state index contributed by atoms with van der Waals surface area (Å²) >= 11 is 0. The molecule has 0 aromatic rings. The summed E-state index contributed by atoms with van der Waals surface area (Å²) in [6.45, 7) is 7.30. The van der Waals surface area contributed by atoms with E-state index in [4.69, 9.17) is 37.0 Å². The Morgan fingerprint density at radius 2 is 0.455 bits per heavy atom. The Morgan fingerprint density at radius 3 is 0.673 bits per heavy atom. The van der Waals surface area contributed by atoms with Crippen LogP contribution in [0, 0.1) is 5.92 Å². The van der Waals surface area contributed by atoms with E-state index in [1.54, 1.807) is 0 Å². The molecule has 0 amide bonds. The number of carbonyl (C=O) groups excluding carboxylic acids is 4. The SMILES string of the molecule is CCCCCCCCCCCCCCCCCCCCCCC(=O)O[C@H](COC(=O)CCCCCCCCCCCCCCCCCCCC)COP(=O)(O)OC[C@@H](O)COP(=O)(O)OC[C@@H](COC(=O)CCCCCCCCCCC(C)C)OC(=O)CCCCCCCCCCCCCC. The molecule has 0 heterocycles. The highest BCUT2D eigenvalue weighted by molar-refractivity contribution is 7.47. The summed E-state index contributed by atoms with van der Waals surface area (Å²) in [6.07, 6.45) is 66.7. The van der Waals surface area contributed by atoms with Gasteiger partial charge < -0.3 is 33.8 Å². The molecule has 0 fully saturated rings. The molecule has 0 aliphatic rings. The Kier molecular flexibility index (Phi) is 73.5. The smallest absolute Gasteiger partial charge is 0.462 e. The van der Waals surface area contributed by atoms with E-state index in [0.29, 0.717) is 25.7 Å². The fourth-order valence-electron chi connectivity index (χ4n) is 12.8. The molecule has 3 N–H and O–H groups in total. The van der Waals surface area contributed by atoms with Crippen molar-refractivity contribution in [3.8, 4) is 0 Å². The summed E-state index contributed by atoms with van der Waals surface area (Å²) in [5.74, 6) is -1.38. The summed E-state index contributed by atoms with van der Waals surface area (Å²) in [7, 11) is -9.92. The normalized spacial score (nSPS) is 13.8. The van der Waals surface area contributed by atoms with Gasteiger partial charge in [-0.2, -0.15) is 0 Å². The topological polar surface area (TPSA) is 237 Å². The molecule has 17 nitrogen and oxygen atoms in total. The van der Waals surface area contributed by atoms with Gasteiger partial charge in [0.15, 0.2) is 12.2 Å². The summed E-state index contributed by atoms with van der Waals surface area (Å²) in [5.41, 5.74) is 0. The van der Waals surface area contributed by atoms with Crippen LogP contribution < -0.4 is 0 Å². The number of aliphatic hydroxyl groups is 1. The molecular formula is C82H160O17P2. The van der Waals surface area contributed by atoms with Crippen LogP contribution >= 0.6 is 15.6 Å². The van der Waals surface area contributed by atoms with Gasteiger partial charge in [0.2, 0.25) is 0 Å². The van der Waals surface area contributed by atoms with E-state index in [1.165, 1.54) is 263 Å². The largest absolute Gasteiger partial charge is 0.472 e. The van der Waals surface area contributed by atoms with Crippen molar-refractivity contribution in [2.24, 2.45) is 5.92 Å². The number of carbonyl (C=O) groups is 4. The number of phosphoric ester groups is 2. The van der Waals surface area contributed by atoms with E-state index >= 15 is 0 Å². The molecule has 0 aliphatic carbocycles. The zero-order chi connectivity index (χ0) is 74.1. The molecule has 0 rings (SSSR count). The third-order valence-electron chi connectivity index (χ3n) is 19.3. The minimum Gasteiger partial charge on any atom is -0.462 e. The molecule has 0 spiro atoms. The van der Waals surface area contributed by atoms with Crippen molar-refractivity contribution in [2.75, 3.05) is 39.6 Å². The van der Waals surface area contributed by atoms with E-state index in [0.717, 1.165) is 95.8 Å². The lowest BCUT2D eigenvalue weighted by Crippen LogP contribution is -2.30. The van der Waals surface area contributed by atoms with Crippen LogP contribution in [0.5, 0.6) is 0 Å². The van der Waals surface area contributed by atoms with Crippen LogP contribution in [-0.2, 0) is 65.4 Å². The van der Waals surface area contributed by atoms with Gasteiger partial charge in [-0.3, -0.25) is 37.3 Å². The minimum atomic E-state index is -4.96. The van der Waals surface area contributed by atoms with Gasteiger partial charge >= 0.3 is 39.5 Å². The number of hydrogen-bond acceptors (Lipinski definition) is 15. The van der Waals surface area contributed by atoms with Crippen molar-refractivity contribution < 1.29 is 80.2 Å². The number of rotatable bonds is 82. The Balaban J connectivity index is 5.22. The van der Waals surface area contributed by atoms with Crippen LogP contribution in [0.15, 0.2) is 0 Å². The standard InChI is InChI=1S/C82H160O17P2/c1-6-9-12-15-18-21-24-27-29-31-33-34-36-38-40-43-46-53-58-63-68-82(87)98-77(71-92-79(84)65-60-55-50-44-42-39-37-35-32-30-28-25-22-19-16-13-10-7-2)73-96-100(88,89)94-69-76(83)70-95-101(90,91)97-74-78(72-93-80(85)66-61-56-51-48-47-49-54-59-64-75(4)5)99-81(86)67-62-57-52-45-41-26-23-20-17-14-11-8-3/h75-78,83H,6-74H2,1-5H3,(H,88,89)(H,90,91)/t76-,77-,78-/m1/s1. The number of aliphatic hydroxyl groups excluding tert-OH is 1. The lowest BCUT2D eigenvalue weighted by Gasteiger charge is -2.21. The van der Waals surface area contributed by atoms with Crippen molar-refractivity contribution in [1.29, 1.82) is 0 Å². The first-order valence-corrected chi connectivity index (χ1v) is 45.6. The van der Waals surface area contributed by atoms with E-state index in [-0.39, 0.29) is 25.7 Å². The van der Waals surface area contributed by atoms with Crippen molar-refractivity contribution in [1.82, 2.24) is 0 Å². The van der Waals surface area contributed by atoms with E-state index in [2.05, 4.69) is 34.6 Å². The number of unbranched alkanes of at least 4 members (excludes halogenated alkanes) is 54. The van der Waals surface area contributed by atoms with E-state index < -0.39 is 97.5 Å². The van der Waals surface area contributed by atoms with Crippen molar-refractivity contribution >= 4 is 39.5 Å². The summed E-state index contributed by atoms with van der Waals surface area (Å²) in [6, 6.07) is 0. The monoisotopic (exact) mass is 1480 g/mol. The zero-order valence-electron chi connectivity index (χ0n) is 66.1. The second kappa shape index (κ2) is 74.9. The van der Waals surface area contributed by atoms with Crippen LogP contribution in [0.3, 0.4) is 0 Å². The van der Waals surface area contributed by atoms with Gasteiger partial charge in [-0.25, -0.2) is 9.13 Å². The van der Waals surface area contributed by atoms with Crippen LogP contribution in [0.1, 0.15) is 439 Å². The third kappa shape index (κ3) is 76.1. The zero-order valence-corrected chi connectivity index (χ0v) is 67.8. The fraction of sp³-hybridized carbons (Fsp3) is 0.951. The number of phosphoric acid groups is 2. The van der Waals surface area contributed by atoms with Gasteiger partial charge in [0.25, 0.3) is 0 Å². The lowest BCUT2D eigenvalue weighted by molar-refractivity contribution is -0.161. The number of esters is 4. The lowest BCUT2D eigenvalue weighted by atomic mass is 10.0. The molecule has 2 unspecified atom stereocenters. The molecule has 19 heteroatoms. The first-order valence-electron chi connectivity index (χ1n) is 42.6. The summed E-state index contributed by atoms with van der Waals surface area (Å²) < 4.78 is 68.7. The molecule has 600 valence electrons. The second-order valence-corrected chi connectivity index (χ2v) is 32.9. The van der Waals surface area contributed by atoms with Gasteiger partial charge in [-0.15, -0.1) is 0 Å². The Hall–Kier alpha value is -1.94. The molecule has 0 saturated heterocycles. The van der Waals surface area contributed by atoms with Crippen LogP contribution in [0.25, 0.3) is 0 Å². The molecule has 0 bridgehead atoms. The summed E-state index contributed by atoms with van der Waals surface area (Å²) in [5, 5.41) is 10.6. The minimum absolute atomic E-state index is 0.107. The maximum Gasteiger partial charge on any atom is 0.472 e. The molecular weight excluding hydrogens is 1320 g/mol. The predicted molar refractivity (Wildman–Crippen MR) is 414 cm³/mol. The number of hydrogen-bond donors (Lipinski definition) is 3. The van der Waals surface area contributed by atoms with Gasteiger partial charge in [0, 0.05) is 25.7 Å². The average molecular weight is 1480 g/mol. The summed E-state index contributed by atoms with van der Waals surface area (Å²) in [4.78, 5) is 73.0.